The molecule has 0 saturated heterocycles. The monoisotopic (exact) mass is 282 g/mol. The molecule has 0 radical (unpaired) electrons. The standard InChI is InChI=1S/C14H13ClF2N2/c1-19(14-7-9(15)5-6-13(14)18)8-10-11(16)3-2-4-12(10)17/h2-7H,8,18H2,1H3. The Hall–Kier alpha value is -1.81. The molecule has 0 amide bonds. The summed E-state index contributed by atoms with van der Waals surface area (Å²) in [5, 5.41) is 0.519. The van der Waals surface area contributed by atoms with E-state index in [1.54, 1.807) is 30.1 Å². The van der Waals surface area contributed by atoms with Gasteiger partial charge in [-0.15, -0.1) is 0 Å². The highest BCUT2D eigenvalue weighted by Gasteiger charge is 2.13. The van der Waals surface area contributed by atoms with Gasteiger partial charge in [-0.1, -0.05) is 17.7 Å². The van der Waals surface area contributed by atoms with E-state index in [1.165, 1.54) is 18.2 Å². The minimum atomic E-state index is -0.576. The van der Waals surface area contributed by atoms with Crippen molar-refractivity contribution in [2.75, 3.05) is 17.7 Å². The normalized spacial score (nSPS) is 10.5. The molecule has 0 heterocycles. The maximum atomic E-state index is 13.6. The van der Waals surface area contributed by atoms with Gasteiger partial charge in [0, 0.05) is 24.2 Å². The van der Waals surface area contributed by atoms with Crippen molar-refractivity contribution in [1.29, 1.82) is 0 Å². The molecule has 19 heavy (non-hydrogen) atoms. The van der Waals surface area contributed by atoms with Crippen molar-refractivity contribution in [2.24, 2.45) is 0 Å². The van der Waals surface area contributed by atoms with Crippen LogP contribution in [0.3, 0.4) is 0 Å². The Morgan fingerprint density at radius 3 is 2.42 bits per heavy atom. The van der Waals surface area contributed by atoms with E-state index in [0.29, 0.717) is 16.4 Å². The number of nitrogens with zero attached hydrogens (tertiary/aromatic N) is 1. The SMILES string of the molecule is CN(Cc1c(F)cccc1F)c1cc(Cl)ccc1N. The molecule has 0 spiro atoms. The molecule has 2 nitrogen and oxygen atoms in total. The summed E-state index contributed by atoms with van der Waals surface area (Å²) >= 11 is 5.90. The molecule has 2 aromatic carbocycles. The third kappa shape index (κ3) is 2.96. The van der Waals surface area contributed by atoms with Crippen LogP contribution >= 0.6 is 11.6 Å². The number of halogens is 3. The number of rotatable bonds is 3. The number of nitrogens with two attached hydrogens (primary N) is 1. The fraction of sp³-hybridized carbons (Fsp3) is 0.143. The van der Waals surface area contributed by atoms with Crippen molar-refractivity contribution in [3.63, 3.8) is 0 Å². The summed E-state index contributed by atoms with van der Waals surface area (Å²) in [6, 6.07) is 8.78. The lowest BCUT2D eigenvalue weighted by atomic mass is 10.1. The molecule has 0 unspecified atom stereocenters. The summed E-state index contributed by atoms with van der Waals surface area (Å²) in [4.78, 5) is 1.66. The van der Waals surface area contributed by atoms with Gasteiger partial charge in [-0.2, -0.15) is 0 Å². The lowest BCUT2D eigenvalue weighted by Crippen LogP contribution is -2.19. The van der Waals surface area contributed by atoms with Gasteiger partial charge in [0.05, 0.1) is 11.4 Å². The first-order chi connectivity index (χ1) is 8.99. The fourth-order valence-electron chi connectivity index (χ4n) is 1.85. The number of anilines is 2. The Labute approximate surface area is 115 Å². The average Bonchev–Trinajstić information content (AvgIpc) is 2.37. The molecule has 2 N–H and O–H groups in total. The van der Waals surface area contributed by atoms with Gasteiger partial charge in [0.2, 0.25) is 0 Å². The first kappa shape index (κ1) is 13.6. The molecule has 100 valence electrons. The van der Waals surface area contributed by atoms with Gasteiger partial charge in [0.15, 0.2) is 0 Å². The third-order valence-electron chi connectivity index (χ3n) is 2.86. The summed E-state index contributed by atoms with van der Waals surface area (Å²) in [6.07, 6.45) is 0. The van der Waals surface area contributed by atoms with Gasteiger partial charge in [-0.05, 0) is 30.3 Å². The van der Waals surface area contributed by atoms with Gasteiger partial charge < -0.3 is 10.6 Å². The molecular formula is C14H13ClF2N2. The van der Waals surface area contributed by atoms with E-state index < -0.39 is 11.6 Å². The van der Waals surface area contributed by atoms with Crippen molar-refractivity contribution >= 4 is 23.0 Å². The first-order valence-electron chi connectivity index (χ1n) is 5.68. The number of hydrogen-bond acceptors (Lipinski definition) is 2. The first-order valence-corrected chi connectivity index (χ1v) is 6.06. The van der Waals surface area contributed by atoms with Crippen LogP contribution in [0.15, 0.2) is 36.4 Å². The predicted molar refractivity (Wildman–Crippen MR) is 74.3 cm³/mol. The zero-order valence-electron chi connectivity index (χ0n) is 10.3. The van der Waals surface area contributed by atoms with E-state index in [2.05, 4.69) is 0 Å². The van der Waals surface area contributed by atoms with Gasteiger partial charge in [0.1, 0.15) is 11.6 Å². The quantitative estimate of drug-likeness (QED) is 0.867. The number of hydrogen-bond donors (Lipinski definition) is 1. The molecule has 0 aliphatic rings. The molecule has 0 saturated carbocycles. The minimum absolute atomic E-state index is 0.00405. The summed E-state index contributed by atoms with van der Waals surface area (Å²) < 4.78 is 27.2. The van der Waals surface area contributed by atoms with Crippen LogP contribution < -0.4 is 10.6 Å². The van der Waals surface area contributed by atoms with E-state index in [0.717, 1.165) is 0 Å². The predicted octanol–water partition coefficient (Wildman–Crippen LogP) is 3.84. The topological polar surface area (TPSA) is 29.3 Å². The summed E-state index contributed by atoms with van der Waals surface area (Å²) in [5.41, 5.74) is 6.97. The van der Waals surface area contributed by atoms with E-state index >= 15 is 0 Å². The molecule has 0 aliphatic heterocycles. The molecule has 0 aliphatic carbocycles. The van der Waals surface area contributed by atoms with Crippen molar-refractivity contribution in [3.05, 3.63) is 58.6 Å². The number of benzene rings is 2. The van der Waals surface area contributed by atoms with Gasteiger partial charge in [-0.25, -0.2) is 8.78 Å². The van der Waals surface area contributed by atoms with Gasteiger partial charge in [0.25, 0.3) is 0 Å². The number of nitrogen functional groups attached to an aromatic ring is 1. The second kappa shape index (κ2) is 5.45. The zero-order valence-corrected chi connectivity index (χ0v) is 11.1. The lowest BCUT2D eigenvalue weighted by molar-refractivity contribution is 0.554. The maximum Gasteiger partial charge on any atom is 0.131 e. The van der Waals surface area contributed by atoms with E-state index in [9.17, 15) is 8.78 Å². The molecule has 5 heteroatoms. The Balaban J connectivity index is 2.31. The van der Waals surface area contributed by atoms with Crippen LogP contribution in [0, 0.1) is 11.6 Å². The average molecular weight is 283 g/mol. The Morgan fingerprint density at radius 2 is 1.79 bits per heavy atom. The van der Waals surface area contributed by atoms with Crippen LogP contribution in [0.5, 0.6) is 0 Å². The molecule has 0 atom stereocenters. The van der Waals surface area contributed by atoms with Crippen molar-refractivity contribution < 1.29 is 8.78 Å². The maximum absolute atomic E-state index is 13.6. The second-order valence-corrected chi connectivity index (χ2v) is 4.70. The smallest absolute Gasteiger partial charge is 0.131 e. The summed E-state index contributed by atoms with van der Waals surface area (Å²) in [6.45, 7) is 0.0725. The minimum Gasteiger partial charge on any atom is -0.397 e. The highest BCUT2D eigenvalue weighted by molar-refractivity contribution is 6.31. The van der Waals surface area contributed by atoms with Crippen LogP contribution in [0.25, 0.3) is 0 Å². The van der Waals surface area contributed by atoms with Crippen molar-refractivity contribution in [2.45, 2.75) is 6.54 Å². The largest absolute Gasteiger partial charge is 0.397 e. The van der Waals surface area contributed by atoms with Crippen LogP contribution in [0.4, 0.5) is 20.2 Å². The molecular weight excluding hydrogens is 270 g/mol. The Kier molecular flexibility index (Phi) is 3.90. The van der Waals surface area contributed by atoms with Crippen molar-refractivity contribution in [3.8, 4) is 0 Å². The molecule has 2 aromatic rings. The van der Waals surface area contributed by atoms with Gasteiger partial charge >= 0.3 is 0 Å². The van der Waals surface area contributed by atoms with E-state index in [-0.39, 0.29) is 12.1 Å². The molecule has 0 fully saturated rings. The molecule has 2 rings (SSSR count). The molecule has 0 aromatic heterocycles. The third-order valence-corrected chi connectivity index (χ3v) is 3.10. The second-order valence-electron chi connectivity index (χ2n) is 4.26. The lowest BCUT2D eigenvalue weighted by Gasteiger charge is -2.22. The Bertz CT molecular complexity index is 582. The summed E-state index contributed by atoms with van der Waals surface area (Å²) in [7, 11) is 1.70. The van der Waals surface area contributed by atoms with Crippen LogP contribution in [0.1, 0.15) is 5.56 Å². The Morgan fingerprint density at radius 1 is 1.16 bits per heavy atom. The van der Waals surface area contributed by atoms with E-state index in [1.807, 2.05) is 0 Å². The van der Waals surface area contributed by atoms with Gasteiger partial charge in [-0.3, -0.25) is 0 Å². The van der Waals surface area contributed by atoms with Crippen molar-refractivity contribution in [1.82, 2.24) is 0 Å². The van der Waals surface area contributed by atoms with Crippen LogP contribution in [-0.4, -0.2) is 7.05 Å². The van der Waals surface area contributed by atoms with E-state index in [4.69, 9.17) is 17.3 Å². The highest BCUT2D eigenvalue weighted by Crippen LogP contribution is 2.28. The zero-order chi connectivity index (χ0) is 14.0. The summed E-state index contributed by atoms with van der Waals surface area (Å²) in [5.74, 6) is -1.15. The van der Waals surface area contributed by atoms with Crippen LogP contribution in [-0.2, 0) is 6.54 Å². The fourth-order valence-corrected chi connectivity index (χ4v) is 2.02. The molecule has 0 bridgehead atoms. The van der Waals surface area contributed by atoms with Crippen LogP contribution in [0.2, 0.25) is 5.02 Å². The highest BCUT2D eigenvalue weighted by atomic mass is 35.5.